The summed E-state index contributed by atoms with van der Waals surface area (Å²) in [6.07, 6.45) is -5.65. The molecule has 1 aliphatic rings. The van der Waals surface area contributed by atoms with E-state index in [2.05, 4.69) is 10.1 Å². The number of amides is 2. The number of ether oxygens (including phenoxy) is 1. The number of carbonyl (C=O) groups is 2. The zero-order valence-corrected chi connectivity index (χ0v) is 19.8. The normalized spacial score (nSPS) is 13.5. The van der Waals surface area contributed by atoms with Crippen LogP contribution in [0.1, 0.15) is 16.7 Å². The molecule has 14 heteroatoms. The van der Waals surface area contributed by atoms with Gasteiger partial charge >= 0.3 is 24.1 Å². The van der Waals surface area contributed by atoms with Crippen molar-refractivity contribution in [3.63, 3.8) is 0 Å². The average molecular weight is 539 g/mol. The lowest BCUT2D eigenvalue weighted by Crippen LogP contribution is -2.40. The minimum Gasteiger partial charge on any atom is -0.449 e. The molecule has 4 rings (SSSR count). The zero-order valence-electron chi connectivity index (χ0n) is 19.0. The van der Waals surface area contributed by atoms with Gasteiger partial charge in [-0.25, -0.2) is 14.4 Å². The molecule has 3 aromatic rings. The first-order valence-corrected chi connectivity index (χ1v) is 11.0. The summed E-state index contributed by atoms with van der Waals surface area (Å²) in [5.74, 6) is -0.754. The topological polar surface area (TPSA) is 123 Å². The minimum atomic E-state index is -4.66. The second kappa shape index (κ2) is 9.65. The Morgan fingerprint density at radius 2 is 1.92 bits per heavy atom. The molecule has 0 radical (unpaired) electrons. The van der Waals surface area contributed by atoms with Gasteiger partial charge in [-0.3, -0.25) is 18.8 Å². The van der Waals surface area contributed by atoms with Crippen LogP contribution in [0.5, 0.6) is 5.75 Å². The van der Waals surface area contributed by atoms with E-state index in [9.17, 15) is 32.3 Å². The molecular weight excluding hydrogens is 521 g/mol. The van der Waals surface area contributed by atoms with Crippen LogP contribution in [0.25, 0.3) is 5.69 Å². The Morgan fingerprint density at radius 1 is 1.19 bits per heavy atom. The molecule has 1 aromatic heterocycles. The van der Waals surface area contributed by atoms with Crippen molar-refractivity contribution in [1.29, 1.82) is 0 Å². The van der Waals surface area contributed by atoms with E-state index in [4.69, 9.17) is 16.7 Å². The van der Waals surface area contributed by atoms with Gasteiger partial charge < -0.3 is 15.2 Å². The van der Waals surface area contributed by atoms with Gasteiger partial charge in [-0.05, 0) is 42.3 Å². The van der Waals surface area contributed by atoms with Crippen LogP contribution in [0, 0.1) is 6.92 Å². The number of benzene rings is 2. The first-order valence-electron chi connectivity index (χ1n) is 10.7. The van der Waals surface area contributed by atoms with Gasteiger partial charge in [0, 0.05) is 13.1 Å². The molecule has 0 spiro atoms. The predicted molar refractivity (Wildman–Crippen MR) is 126 cm³/mol. The SMILES string of the molecule is Cc1c(Cn2c(=O)c(OC(=O)O)cn(-c3ccc(N4CCNC4=O)c(Cl)c3)c2=O)cccc1C(F)(F)F. The van der Waals surface area contributed by atoms with Gasteiger partial charge in [0.2, 0.25) is 5.75 Å². The van der Waals surface area contributed by atoms with E-state index in [-0.39, 0.29) is 27.9 Å². The van der Waals surface area contributed by atoms with Crippen molar-refractivity contribution in [3.05, 3.63) is 85.1 Å². The van der Waals surface area contributed by atoms with Crippen molar-refractivity contribution in [3.8, 4) is 11.4 Å². The molecule has 194 valence electrons. The van der Waals surface area contributed by atoms with E-state index >= 15 is 0 Å². The molecule has 0 aliphatic carbocycles. The number of urea groups is 1. The van der Waals surface area contributed by atoms with E-state index in [1.54, 1.807) is 0 Å². The van der Waals surface area contributed by atoms with Crippen LogP contribution in [0.15, 0.2) is 52.2 Å². The standard InChI is InChI=1S/C23H18ClF3N4O6/c1-12-13(3-2-4-15(12)23(25,26)27)10-31-19(32)18(37-22(35)36)11-30(21(31)34)14-5-6-17(16(24)9-14)29-8-7-28-20(29)33/h2-6,9,11H,7-8,10H2,1H3,(H,28,33)(H,35,36). The summed E-state index contributed by atoms with van der Waals surface area (Å²) < 4.78 is 46.1. The van der Waals surface area contributed by atoms with E-state index in [0.717, 1.165) is 22.9 Å². The summed E-state index contributed by atoms with van der Waals surface area (Å²) in [4.78, 5) is 50.7. The van der Waals surface area contributed by atoms with E-state index in [1.807, 2.05) is 0 Å². The summed E-state index contributed by atoms with van der Waals surface area (Å²) in [6, 6.07) is 7.14. The Bertz CT molecular complexity index is 1530. The number of alkyl halides is 3. The molecule has 2 N–H and O–H groups in total. The van der Waals surface area contributed by atoms with Crippen molar-refractivity contribution >= 4 is 29.5 Å². The van der Waals surface area contributed by atoms with Crippen LogP contribution in [0.4, 0.5) is 28.4 Å². The Balaban J connectivity index is 1.85. The van der Waals surface area contributed by atoms with E-state index in [1.165, 1.54) is 36.1 Å². The van der Waals surface area contributed by atoms with Gasteiger partial charge in [0.1, 0.15) is 0 Å². The highest BCUT2D eigenvalue weighted by Gasteiger charge is 2.33. The lowest BCUT2D eigenvalue weighted by Gasteiger charge is -2.18. The van der Waals surface area contributed by atoms with Crippen molar-refractivity contribution in [2.75, 3.05) is 18.0 Å². The smallest absolute Gasteiger partial charge is 0.449 e. The number of rotatable bonds is 5. The molecular formula is C23H18ClF3N4O6. The number of aromatic nitrogens is 2. The van der Waals surface area contributed by atoms with Crippen LogP contribution < -0.4 is 26.2 Å². The Morgan fingerprint density at radius 3 is 2.51 bits per heavy atom. The van der Waals surface area contributed by atoms with Crippen molar-refractivity contribution in [2.45, 2.75) is 19.6 Å². The fourth-order valence-corrected chi connectivity index (χ4v) is 4.24. The van der Waals surface area contributed by atoms with Crippen LogP contribution in [-0.4, -0.2) is 39.5 Å². The Labute approximate surface area is 211 Å². The molecule has 37 heavy (non-hydrogen) atoms. The number of halogens is 4. The van der Waals surface area contributed by atoms with Gasteiger partial charge in [-0.15, -0.1) is 0 Å². The lowest BCUT2D eigenvalue weighted by molar-refractivity contribution is -0.138. The molecule has 0 atom stereocenters. The third-order valence-electron chi connectivity index (χ3n) is 5.77. The van der Waals surface area contributed by atoms with E-state index in [0.29, 0.717) is 23.3 Å². The molecule has 1 fully saturated rings. The summed E-state index contributed by atoms with van der Waals surface area (Å²) >= 11 is 6.35. The molecule has 0 saturated carbocycles. The van der Waals surface area contributed by atoms with Gasteiger partial charge in [0.25, 0.3) is 5.56 Å². The zero-order chi connectivity index (χ0) is 27.1. The first kappa shape index (κ1) is 25.8. The van der Waals surface area contributed by atoms with Crippen molar-refractivity contribution in [2.24, 2.45) is 0 Å². The highest BCUT2D eigenvalue weighted by Crippen LogP contribution is 2.33. The van der Waals surface area contributed by atoms with Crippen molar-refractivity contribution in [1.82, 2.24) is 14.5 Å². The quantitative estimate of drug-likeness (QED) is 0.478. The molecule has 2 heterocycles. The number of carboxylic acid groups (broad SMARTS) is 1. The maximum atomic E-state index is 13.4. The summed E-state index contributed by atoms with van der Waals surface area (Å²) in [6.45, 7) is 1.37. The number of hydrogen-bond donors (Lipinski definition) is 2. The summed E-state index contributed by atoms with van der Waals surface area (Å²) in [7, 11) is 0. The monoisotopic (exact) mass is 538 g/mol. The number of nitrogens with one attached hydrogen (secondary N) is 1. The van der Waals surface area contributed by atoms with Crippen LogP contribution >= 0.6 is 11.6 Å². The van der Waals surface area contributed by atoms with Crippen LogP contribution in [0.3, 0.4) is 0 Å². The third-order valence-corrected chi connectivity index (χ3v) is 6.08. The number of anilines is 1. The van der Waals surface area contributed by atoms with Gasteiger partial charge in [0.05, 0.1) is 34.7 Å². The van der Waals surface area contributed by atoms with Gasteiger partial charge in [-0.1, -0.05) is 23.7 Å². The number of hydrogen-bond acceptors (Lipinski definition) is 5. The molecule has 10 nitrogen and oxygen atoms in total. The fourth-order valence-electron chi connectivity index (χ4n) is 3.96. The predicted octanol–water partition coefficient (Wildman–Crippen LogP) is 3.61. The maximum absolute atomic E-state index is 13.4. The van der Waals surface area contributed by atoms with E-state index < -0.39 is 41.4 Å². The second-order valence-corrected chi connectivity index (χ2v) is 8.42. The van der Waals surface area contributed by atoms with Crippen LogP contribution in [0.2, 0.25) is 5.02 Å². The Kier molecular flexibility index (Phi) is 6.74. The summed E-state index contributed by atoms with van der Waals surface area (Å²) in [5, 5.41) is 11.8. The van der Waals surface area contributed by atoms with Gasteiger partial charge in [0.15, 0.2) is 0 Å². The highest BCUT2D eigenvalue weighted by molar-refractivity contribution is 6.34. The largest absolute Gasteiger partial charge is 0.511 e. The van der Waals surface area contributed by atoms with Crippen molar-refractivity contribution < 1.29 is 32.6 Å². The Hall–Kier alpha value is -4.26. The molecule has 1 aliphatic heterocycles. The number of nitrogens with zero attached hydrogens (tertiary/aromatic N) is 3. The van der Waals surface area contributed by atoms with Gasteiger partial charge in [-0.2, -0.15) is 13.2 Å². The molecule has 1 saturated heterocycles. The minimum absolute atomic E-state index is 0.0153. The fraction of sp³-hybridized carbons (Fsp3) is 0.217. The second-order valence-electron chi connectivity index (χ2n) is 8.01. The first-order chi connectivity index (χ1) is 17.4. The molecule has 2 amide bonds. The molecule has 2 aromatic carbocycles. The molecule has 0 bridgehead atoms. The average Bonchev–Trinajstić information content (AvgIpc) is 3.24. The number of carbonyl (C=O) groups excluding carboxylic acids is 1. The third kappa shape index (κ3) is 5.03. The molecule has 0 unspecified atom stereocenters. The van der Waals surface area contributed by atoms with Crippen LogP contribution in [-0.2, 0) is 12.7 Å². The highest BCUT2D eigenvalue weighted by atomic mass is 35.5. The maximum Gasteiger partial charge on any atom is 0.511 e. The summed E-state index contributed by atoms with van der Waals surface area (Å²) in [5.41, 5.74) is -2.83. The lowest BCUT2D eigenvalue weighted by atomic mass is 10.0.